The van der Waals surface area contributed by atoms with Crippen molar-refractivity contribution >= 4 is 0 Å². The predicted octanol–water partition coefficient (Wildman–Crippen LogP) is 1.38. The van der Waals surface area contributed by atoms with Gasteiger partial charge in [-0.15, -0.1) is 0 Å². The molecule has 0 saturated carbocycles. The van der Waals surface area contributed by atoms with Crippen LogP contribution >= 0.6 is 0 Å². The van der Waals surface area contributed by atoms with E-state index in [9.17, 15) is 0 Å². The van der Waals surface area contributed by atoms with Crippen molar-refractivity contribution in [3.8, 4) is 0 Å². The maximum Gasteiger partial charge on any atom is 0.138 e. The van der Waals surface area contributed by atoms with Crippen molar-refractivity contribution in [2.45, 2.75) is 33.1 Å². The van der Waals surface area contributed by atoms with Gasteiger partial charge in [-0.1, -0.05) is 20.3 Å². The third kappa shape index (κ3) is 4.00. The van der Waals surface area contributed by atoms with Crippen molar-refractivity contribution in [1.82, 2.24) is 20.1 Å². The van der Waals surface area contributed by atoms with E-state index in [0.29, 0.717) is 5.92 Å². The maximum absolute atomic E-state index is 4.26. The third-order valence-electron chi connectivity index (χ3n) is 2.71. The molecule has 4 heteroatoms. The summed E-state index contributed by atoms with van der Waals surface area (Å²) in [6.07, 6.45) is 5.02. The molecule has 1 atom stereocenters. The number of hydrogen-bond donors (Lipinski definition) is 1. The largest absolute Gasteiger partial charge is 0.316 e. The molecule has 1 aromatic rings. The molecule has 0 aliphatic heterocycles. The first-order valence-corrected chi connectivity index (χ1v) is 5.81. The van der Waals surface area contributed by atoms with Crippen LogP contribution in [0.2, 0.25) is 0 Å². The van der Waals surface area contributed by atoms with Crippen LogP contribution < -0.4 is 5.32 Å². The molecular formula is C11H22N4. The number of aromatic nitrogens is 3. The van der Waals surface area contributed by atoms with Crippen LogP contribution in [0.1, 0.15) is 32.5 Å². The van der Waals surface area contributed by atoms with E-state index < -0.39 is 0 Å². The smallest absolute Gasteiger partial charge is 0.138 e. The van der Waals surface area contributed by atoms with Crippen LogP contribution in [0.15, 0.2) is 6.33 Å². The summed E-state index contributed by atoms with van der Waals surface area (Å²) in [6.45, 7) is 6.61. The molecule has 0 bridgehead atoms. The first kappa shape index (κ1) is 12.2. The van der Waals surface area contributed by atoms with Crippen LogP contribution in [0, 0.1) is 5.92 Å². The van der Waals surface area contributed by atoms with Gasteiger partial charge in [0, 0.05) is 13.5 Å². The van der Waals surface area contributed by atoms with E-state index in [0.717, 1.165) is 25.3 Å². The molecule has 1 aromatic heterocycles. The summed E-state index contributed by atoms with van der Waals surface area (Å²) < 4.78 is 1.86. The monoisotopic (exact) mass is 210 g/mol. The van der Waals surface area contributed by atoms with Gasteiger partial charge in [0.25, 0.3) is 0 Å². The van der Waals surface area contributed by atoms with Crippen molar-refractivity contribution in [1.29, 1.82) is 0 Å². The molecule has 0 fully saturated rings. The van der Waals surface area contributed by atoms with Crippen molar-refractivity contribution in [2.75, 3.05) is 13.1 Å². The van der Waals surface area contributed by atoms with E-state index in [4.69, 9.17) is 0 Å². The molecule has 0 amide bonds. The summed E-state index contributed by atoms with van der Waals surface area (Å²) in [5.74, 6) is 1.75. The molecule has 0 aliphatic rings. The average Bonchev–Trinajstić information content (AvgIpc) is 2.63. The number of aryl methyl sites for hydroxylation is 1. The summed E-state index contributed by atoms with van der Waals surface area (Å²) in [5.41, 5.74) is 0. The highest BCUT2D eigenvalue weighted by Gasteiger charge is 2.10. The summed E-state index contributed by atoms with van der Waals surface area (Å²) in [7, 11) is 1.95. The van der Waals surface area contributed by atoms with Gasteiger partial charge in [-0.25, -0.2) is 4.98 Å². The molecule has 4 nitrogen and oxygen atoms in total. The Morgan fingerprint density at radius 1 is 1.47 bits per heavy atom. The molecule has 0 radical (unpaired) electrons. The lowest BCUT2D eigenvalue weighted by molar-refractivity contribution is 0.444. The van der Waals surface area contributed by atoms with Gasteiger partial charge in [0.15, 0.2) is 0 Å². The normalized spacial score (nSPS) is 13.0. The van der Waals surface area contributed by atoms with Gasteiger partial charge in [0.05, 0.1) is 0 Å². The van der Waals surface area contributed by atoms with Crippen LogP contribution in [0.25, 0.3) is 0 Å². The van der Waals surface area contributed by atoms with Gasteiger partial charge >= 0.3 is 0 Å². The van der Waals surface area contributed by atoms with E-state index >= 15 is 0 Å². The Kier molecular flexibility index (Phi) is 5.32. The fourth-order valence-corrected chi connectivity index (χ4v) is 1.61. The molecule has 1 rings (SSSR count). The van der Waals surface area contributed by atoms with E-state index in [1.165, 1.54) is 12.8 Å². The SMILES string of the molecule is CCCNCC(CC)Cc1ncnn1C. The van der Waals surface area contributed by atoms with Crippen molar-refractivity contribution in [3.63, 3.8) is 0 Å². The Hall–Kier alpha value is -0.900. The summed E-state index contributed by atoms with van der Waals surface area (Å²) in [5, 5.41) is 7.55. The van der Waals surface area contributed by atoms with Crippen LogP contribution in [0.5, 0.6) is 0 Å². The number of hydrogen-bond acceptors (Lipinski definition) is 3. The summed E-state index contributed by atoms with van der Waals surface area (Å²) in [6, 6.07) is 0. The predicted molar refractivity (Wildman–Crippen MR) is 61.6 cm³/mol. The highest BCUT2D eigenvalue weighted by molar-refractivity contribution is 4.86. The zero-order valence-electron chi connectivity index (χ0n) is 10.0. The van der Waals surface area contributed by atoms with Gasteiger partial charge in [-0.05, 0) is 25.4 Å². The van der Waals surface area contributed by atoms with Crippen LogP contribution in [0.3, 0.4) is 0 Å². The highest BCUT2D eigenvalue weighted by atomic mass is 15.3. The fourth-order valence-electron chi connectivity index (χ4n) is 1.61. The number of nitrogens with zero attached hydrogens (tertiary/aromatic N) is 3. The van der Waals surface area contributed by atoms with Gasteiger partial charge in [0.2, 0.25) is 0 Å². The zero-order valence-corrected chi connectivity index (χ0v) is 10.0. The van der Waals surface area contributed by atoms with Crippen molar-refractivity contribution in [2.24, 2.45) is 13.0 Å². The second-order valence-electron chi connectivity index (χ2n) is 3.98. The Balaban J connectivity index is 2.36. The molecule has 0 spiro atoms. The van der Waals surface area contributed by atoms with Crippen LogP contribution in [0.4, 0.5) is 0 Å². The average molecular weight is 210 g/mol. The van der Waals surface area contributed by atoms with E-state index in [-0.39, 0.29) is 0 Å². The zero-order chi connectivity index (χ0) is 11.1. The van der Waals surface area contributed by atoms with E-state index in [1.807, 2.05) is 11.7 Å². The molecule has 1 unspecified atom stereocenters. The van der Waals surface area contributed by atoms with Crippen LogP contribution in [-0.2, 0) is 13.5 Å². The molecule has 0 saturated heterocycles. The lowest BCUT2D eigenvalue weighted by Gasteiger charge is -2.14. The lowest BCUT2D eigenvalue weighted by atomic mass is 10.0. The highest BCUT2D eigenvalue weighted by Crippen LogP contribution is 2.08. The third-order valence-corrected chi connectivity index (χ3v) is 2.71. The van der Waals surface area contributed by atoms with Gasteiger partial charge in [-0.3, -0.25) is 4.68 Å². The van der Waals surface area contributed by atoms with E-state index in [2.05, 4.69) is 29.2 Å². The molecular weight excluding hydrogens is 188 g/mol. The summed E-state index contributed by atoms with van der Waals surface area (Å²) >= 11 is 0. The summed E-state index contributed by atoms with van der Waals surface area (Å²) in [4.78, 5) is 4.26. The Morgan fingerprint density at radius 3 is 2.80 bits per heavy atom. The molecule has 0 aliphatic carbocycles. The standard InChI is InChI=1S/C11H22N4/c1-4-6-12-8-10(5-2)7-11-13-9-14-15(11)3/h9-10,12H,4-8H2,1-3H3. The Morgan fingerprint density at radius 2 is 2.27 bits per heavy atom. The molecule has 1 N–H and O–H groups in total. The molecule has 0 aromatic carbocycles. The quantitative estimate of drug-likeness (QED) is 0.691. The molecule has 86 valence electrons. The first-order valence-electron chi connectivity index (χ1n) is 5.81. The van der Waals surface area contributed by atoms with Gasteiger partial charge in [0.1, 0.15) is 12.2 Å². The number of rotatable bonds is 7. The van der Waals surface area contributed by atoms with Crippen molar-refractivity contribution in [3.05, 3.63) is 12.2 Å². The minimum absolute atomic E-state index is 0.666. The van der Waals surface area contributed by atoms with E-state index in [1.54, 1.807) is 6.33 Å². The number of nitrogens with one attached hydrogen (secondary N) is 1. The topological polar surface area (TPSA) is 42.7 Å². The van der Waals surface area contributed by atoms with Gasteiger partial charge < -0.3 is 5.32 Å². The second kappa shape index (κ2) is 6.56. The minimum Gasteiger partial charge on any atom is -0.316 e. The van der Waals surface area contributed by atoms with Gasteiger partial charge in [-0.2, -0.15) is 5.10 Å². The minimum atomic E-state index is 0.666. The Labute approximate surface area is 92.1 Å². The molecule has 1 heterocycles. The Bertz CT molecular complexity index is 269. The van der Waals surface area contributed by atoms with Crippen molar-refractivity contribution < 1.29 is 0 Å². The first-order chi connectivity index (χ1) is 7.27. The fraction of sp³-hybridized carbons (Fsp3) is 0.818. The molecule has 15 heavy (non-hydrogen) atoms. The maximum atomic E-state index is 4.26. The lowest BCUT2D eigenvalue weighted by Crippen LogP contribution is -2.25. The second-order valence-corrected chi connectivity index (χ2v) is 3.98. The van der Waals surface area contributed by atoms with Crippen LogP contribution in [-0.4, -0.2) is 27.9 Å².